The second-order valence-corrected chi connectivity index (χ2v) is 7.97. The molecule has 2 aliphatic heterocycles. The smallest absolute Gasteiger partial charge is 0.279 e. The number of benzene rings is 1. The zero-order chi connectivity index (χ0) is 22.1. The SMILES string of the molecule is CC1=C2SC(C(=O)NCc3ccncc3)=NN2C(=O)C(Cc2ccc(F)c(F)c2)C1=O. The number of carbonyl (C=O) groups excluding carboxylic acids is 3. The van der Waals surface area contributed by atoms with Crippen molar-refractivity contribution in [2.24, 2.45) is 11.0 Å². The Kier molecular flexibility index (Phi) is 5.64. The Hall–Kier alpha value is -3.40. The summed E-state index contributed by atoms with van der Waals surface area (Å²) in [6.07, 6.45) is 3.12. The first kappa shape index (κ1) is 20.9. The molecule has 2 amide bonds. The third kappa shape index (κ3) is 4.11. The van der Waals surface area contributed by atoms with E-state index >= 15 is 0 Å². The monoisotopic (exact) mass is 442 g/mol. The van der Waals surface area contributed by atoms with Crippen LogP contribution in [0, 0.1) is 17.6 Å². The zero-order valence-electron chi connectivity index (χ0n) is 16.3. The fourth-order valence-corrected chi connectivity index (χ4v) is 4.18. The third-order valence-electron chi connectivity index (χ3n) is 4.91. The summed E-state index contributed by atoms with van der Waals surface area (Å²) in [5.41, 5.74) is 1.45. The summed E-state index contributed by atoms with van der Waals surface area (Å²) in [4.78, 5) is 42.1. The van der Waals surface area contributed by atoms with Crippen molar-refractivity contribution in [2.75, 3.05) is 0 Å². The van der Waals surface area contributed by atoms with Crippen LogP contribution >= 0.6 is 11.8 Å². The van der Waals surface area contributed by atoms with Crippen molar-refractivity contribution in [3.63, 3.8) is 0 Å². The summed E-state index contributed by atoms with van der Waals surface area (Å²) >= 11 is 0.946. The zero-order valence-corrected chi connectivity index (χ0v) is 17.1. The van der Waals surface area contributed by atoms with Gasteiger partial charge in [-0.2, -0.15) is 10.1 Å². The average molecular weight is 442 g/mol. The first-order valence-corrected chi connectivity index (χ1v) is 10.1. The molecule has 158 valence electrons. The minimum Gasteiger partial charge on any atom is -0.346 e. The molecule has 0 saturated heterocycles. The van der Waals surface area contributed by atoms with E-state index in [1.165, 1.54) is 6.07 Å². The summed E-state index contributed by atoms with van der Waals surface area (Å²) in [6, 6.07) is 6.75. The van der Waals surface area contributed by atoms with E-state index in [1.807, 2.05) is 0 Å². The molecule has 4 rings (SSSR count). The lowest BCUT2D eigenvalue weighted by Gasteiger charge is -2.27. The molecule has 1 aromatic heterocycles. The van der Waals surface area contributed by atoms with Crippen molar-refractivity contribution in [3.05, 3.63) is 76.1 Å². The van der Waals surface area contributed by atoms with Crippen molar-refractivity contribution in [1.82, 2.24) is 15.3 Å². The number of rotatable bonds is 5. The number of nitrogens with zero attached hydrogens (tertiary/aromatic N) is 3. The molecule has 0 saturated carbocycles. The quantitative estimate of drug-likeness (QED) is 0.719. The number of Topliss-reactive ketones (excluding diaryl/α,β-unsaturated/α-hetero) is 1. The van der Waals surface area contributed by atoms with Crippen LogP contribution in [0.2, 0.25) is 0 Å². The summed E-state index contributed by atoms with van der Waals surface area (Å²) in [5.74, 6) is -4.71. The number of carbonyl (C=O) groups is 3. The largest absolute Gasteiger partial charge is 0.346 e. The molecule has 2 aliphatic rings. The maximum atomic E-state index is 13.5. The number of allylic oxidation sites excluding steroid dienone is 1. The van der Waals surface area contributed by atoms with E-state index in [0.717, 1.165) is 34.5 Å². The van der Waals surface area contributed by atoms with E-state index in [0.29, 0.717) is 5.56 Å². The number of hydrazone groups is 1. The highest BCUT2D eigenvalue weighted by molar-refractivity contribution is 8.19. The number of hydrogen-bond donors (Lipinski definition) is 1. The van der Waals surface area contributed by atoms with Gasteiger partial charge in [-0.25, -0.2) is 8.78 Å². The number of fused-ring (bicyclic) bond motifs is 1. The van der Waals surface area contributed by atoms with Gasteiger partial charge in [0.1, 0.15) is 10.9 Å². The van der Waals surface area contributed by atoms with Gasteiger partial charge in [0.05, 0.1) is 0 Å². The highest BCUT2D eigenvalue weighted by Gasteiger charge is 2.44. The van der Waals surface area contributed by atoms with Crippen LogP contribution in [-0.2, 0) is 27.3 Å². The summed E-state index contributed by atoms with van der Waals surface area (Å²) in [5, 5.41) is 8.19. The van der Waals surface area contributed by atoms with Crippen LogP contribution in [0.5, 0.6) is 0 Å². The number of nitrogens with one attached hydrogen (secondary N) is 1. The summed E-state index contributed by atoms with van der Waals surface area (Å²) in [6.45, 7) is 1.81. The van der Waals surface area contributed by atoms with Crippen LogP contribution < -0.4 is 5.32 Å². The molecule has 7 nitrogen and oxygen atoms in total. The number of pyridine rings is 1. The Morgan fingerprint density at radius 2 is 1.87 bits per heavy atom. The predicted octanol–water partition coefficient (Wildman–Crippen LogP) is 2.54. The Morgan fingerprint density at radius 1 is 1.13 bits per heavy atom. The highest BCUT2D eigenvalue weighted by Crippen LogP contribution is 2.39. The van der Waals surface area contributed by atoms with Crippen molar-refractivity contribution < 1.29 is 23.2 Å². The van der Waals surface area contributed by atoms with Gasteiger partial charge in [0.15, 0.2) is 22.5 Å². The van der Waals surface area contributed by atoms with Crippen LogP contribution in [0.1, 0.15) is 18.1 Å². The van der Waals surface area contributed by atoms with Crippen LogP contribution in [0.3, 0.4) is 0 Å². The Morgan fingerprint density at radius 3 is 2.58 bits per heavy atom. The number of halogens is 2. The molecule has 1 aromatic carbocycles. The van der Waals surface area contributed by atoms with Crippen molar-refractivity contribution in [1.29, 1.82) is 0 Å². The van der Waals surface area contributed by atoms with Crippen molar-refractivity contribution in [3.8, 4) is 0 Å². The molecular formula is C21H16F2N4O3S. The lowest BCUT2D eigenvalue weighted by molar-refractivity contribution is -0.139. The first-order chi connectivity index (χ1) is 14.8. The molecule has 10 heteroatoms. The van der Waals surface area contributed by atoms with Crippen LogP contribution in [0.4, 0.5) is 8.78 Å². The minimum absolute atomic E-state index is 0.0398. The van der Waals surface area contributed by atoms with E-state index in [9.17, 15) is 23.2 Å². The van der Waals surface area contributed by atoms with Gasteiger partial charge in [0.2, 0.25) is 0 Å². The second kappa shape index (κ2) is 8.38. The Bertz CT molecular complexity index is 1150. The van der Waals surface area contributed by atoms with E-state index in [4.69, 9.17) is 0 Å². The molecule has 2 aromatic rings. The van der Waals surface area contributed by atoms with Crippen LogP contribution in [0.25, 0.3) is 0 Å². The summed E-state index contributed by atoms with van der Waals surface area (Å²) in [7, 11) is 0. The number of amides is 2. The van der Waals surface area contributed by atoms with Crippen molar-refractivity contribution in [2.45, 2.75) is 19.9 Å². The normalized spacial score (nSPS) is 18.2. The van der Waals surface area contributed by atoms with E-state index < -0.39 is 35.1 Å². The minimum atomic E-state index is -1.13. The van der Waals surface area contributed by atoms with Gasteiger partial charge in [-0.05, 0) is 60.5 Å². The molecule has 0 fully saturated rings. The molecule has 3 heterocycles. The lowest BCUT2D eigenvalue weighted by atomic mass is 9.89. The lowest BCUT2D eigenvalue weighted by Crippen LogP contribution is -2.41. The molecule has 1 unspecified atom stereocenters. The standard InChI is InChI=1S/C21H16F2N4O3S/c1-11-17(28)14(8-13-2-3-15(22)16(23)9-13)20(30)27-21(11)31-19(26-27)18(29)25-10-12-4-6-24-7-5-12/h2-7,9,14H,8,10H2,1H3,(H,25,29). The van der Waals surface area contributed by atoms with Crippen LogP contribution in [0.15, 0.2) is 58.4 Å². The number of aromatic nitrogens is 1. The van der Waals surface area contributed by atoms with Gasteiger partial charge in [0, 0.05) is 24.5 Å². The molecule has 0 bridgehead atoms. The maximum Gasteiger partial charge on any atom is 0.279 e. The summed E-state index contributed by atoms with van der Waals surface area (Å²) < 4.78 is 26.7. The predicted molar refractivity (Wildman–Crippen MR) is 109 cm³/mol. The van der Waals surface area contributed by atoms with Gasteiger partial charge in [0.25, 0.3) is 11.8 Å². The van der Waals surface area contributed by atoms with E-state index in [1.54, 1.807) is 31.5 Å². The van der Waals surface area contributed by atoms with Gasteiger partial charge in [-0.1, -0.05) is 6.07 Å². The topological polar surface area (TPSA) is 91.7 Å². The molecular weight excluding hydrogens is 426 g/mol. The molecule has 0 aliphatic carbocycles. The number of hydrogen-bond acceptors (Lipinski definition) is 6. The highest BCUT2D eigenvalue weighted by atomic mass is 32.2. The first-order valence-electron chi connectivity index (χ1n) is 9.31. The number of ketones is 1. The van der Waals surface area contributed by atoms with E-state index in [2.05, 4.69) is 15.4 Å². The molecule has 0 radical (unpaired) electrons. The number of thioether (sulfide) groups is 1. The molecule has 1 N–H and O–H groups in total. The van der Waals surface area contributed by atoms with Crippen LogP contribution in [-0.4, -0.2) is 32.6 Å². The molecule has 31 heavy (non-hydrogen) atoms. The molecule has 0 spiro atoms. The van der Waals surface area contributed by atoms with Gasteiger partial charge in [-0.15, -0.1) is 0 Å². The van der Waals surface area contributed by atoms with E-state index in [-0.39, 0.29) is 28.6 Å². The fourth-order valence-electron chi connectivity index (χ4n) is 3.24. The second-order valence-electron chi connectivity index (χ2n) is 6.99. The Labute approximate surface area is 180 Å². The average Bonchev–Trinajstić information content (AvgIpc) is 3.23. The molecule has 1 atom stereocenters. The third-order valence-corrected chi connectivity index (χ3v) is 6.04. The van der Waals surface area contributed by atoms with Gasteiger partial charge < -0.3 is 5.32 Å². The fraction of sp³-hybridized carbons (Fsp3) is 0.190. The van der Waals surface area contributed by atoms with Gasteiger partial charge in [-0.3, -0.25) is 19.4 Å². The van der Waals surface area contributed by atoms with Crippen molar-refractivity contribution >= 4 is 34.4 Å². The Balaban J connectivity index is 1.51. The van der Waals surface area contributed by atoms with Gasteiger partial charge >= 0.3 is 0 Å². The maximum absolute atomic E-state index is 13.5.